The van der Waals surface area contributed by atoms with Gasteiger partial charge in [-0.1, -0.05) is 12.1 Å². The van der Waals surface area contributed by atoms with E-state index in [4.69, 9.17) is 9.94 Å². The number of benzene rings is 2. The molecule has 0 radical (unpaired) electrons. The summed E-state index contributed by atoms with van der Waals surface area (Å²) in [4.78, 5) is 25.9. The van der Waals surface area contributed by atoms with E-state index < -0.39 is 5.91 Å². The van der Waals surface area contributed by atoms with Gasteiger partial charge in [-0.15, -0.1) is 0 Å². The quantitative estimate of drug-likeness (QED) is 0.557. The topological polar surface area (TPSA) is 90.9 Å². The second-order valence-corrected chi connectivity index (χ2v) is 6.82. The average Bonchev–Trinajstić information content (AvgIpc) is 2.78. The van der Waals surface area contributed by atoms with Crippen molar-refractivity contribution in [1.29, 1.82) is 0 Å². The van der Waals surface area contributed by atoms with Crippen molar-refractivity contribution < 1.29 is 19.5 Å². The first-order chi connectivity index (χ1) is 12.9. The number of anilines is 1. The number of ether oxygens (including phenoxy) is 1. The molecular weight excluding hydrogens is 346 g/mol. The van der Waals surface area contributed by atoms with E-state index in [1.807, 2.05) is 43.0 Å². The van der Waals surface area contributed by atoms with E-state index in [0.717, 1.165) is 16.9 Å². The van der Waals surface area contributed by atoms with Gasteiger partial charge in [0.25, 0.3) is 5.91 Å². The van der Waals surface area contributed by atoms with E-state index in [9.17, 15) is 9.59 Å². The summed E-state index contributed by atoms with van der Waals surface area (Å²) in [6.07, 6.45) is 0.118. The van der Waals surface area contributed by atoms with Crippen LogP contribution in [0, 0.1) is 0 Å². The molecule has 0 aliphatic carbocycles. The molecule has 27 heavy (non-hydrogen) atoms. The van der Waals surface area contributed by atoms with Crippen LogP contribution >= 0.6 is 0 Å². The van der Waals surface area contributed by atoms with Crippen molar-refractivity contribution in [3.63, 3.8) is 0 Å². The molecule has 2 aromatic rings. The zero-order valence-electron chi connectivity index (χ0n) is 15.4. The lowest BCUT2D eigenvalue weighted by molar-refractivity contribution is -0.117. The summed E-state index contributed by atoms with van der Waals surface area (Å²) in [6, 6.07) is 12.7. The minimum Gasteiger partial charge on any atom is -0.491 e. The number of hydrogen-bond donors (Lipinski definition) is 3. The molecule has 2 aromatic carbocycles. The van der Waals surface area contributed by atoms with Gasteiger partial charge in [-0.25, -0.2) is 5.48 Å². The van der Waals surface area contributed by atoms with Gasteiger partial charge in [-0.3, -0.25) is 19.7 Å². The van der Waals surface area contributed by atoms with Gasteiger partial charge in [0.2, 0.25) is 5.91 Å². The molecule has 0 unspecified atom stereocenters. The lowest BCUT2D eigenvalue weighted by Gasteiger charge is -2.19. The molecule has 1 aliphatic rings. The van der Waals surface area contributed by atoms with Crippen molar-refractivity contribution in [2.24, 2.45) is 0 Å². The lowest BCUT2D eigenvalue weighted by Crippen LogP contribution is -2.29. The summed E-state index contributed by atoms with van der Waals surface area (Å²) in [6.45, 7) is 5.30. The standard InChI is InChI=1S/C20H23N3O4/c1-13(2)27-17-6-3-14(4-7-17)10-23-11-16-9-15(20(25)22-26)5-8-18(16)21-19(24)12-23/h3-9,13,26H,10-12H2,1-2H3,(H,21,24)(H,22,25). The molecule has 2 amide bonds. The molecule has 0 saturated carbocycles. The summed E-state index contributed by atoms with van der Waals surface area (Å²) in [7, 11) is 0. The lowest BCUT2D eigenvalue weighted by atomic mass is 10.1. The van der Waals surface area contributed by atoms with Crippen LogP contribution < -0.4 is 15.5 Å². The normalized spacial score (nSPS) is 14.3. The van der Waals surface area contributed by atoms with Crippen molar-refractivity contribution in [1.82, 2.24) is 10.4 Å². The maximum absolute atomic E-state index is 12.2. The van der Waals surface area contributed by atoms with E-state index >= 15 is 0 Å². The van der Waals surface area contributed by atoms with Gasteiger partial charge in [0.15, 0.2) is 0 Å². The maximum Gasteiger partial charge on any atom is 0.274 e. The molecule has 142 valence electrons. The van der Waals surface area contributed by atoms with Crippen molar-refractivity contribution >= 4 is 17.5 Å². The molecule has 3 N–H and O–H groups in total. The number of nitrogens with one attached hydrogen (secondary N) is 2. The summed E-state index contributed by atoms with van der Waals surface area (Å²) in [5, 5.41) is 11.7. The molecule has 0 bridgehead atoms. The largest absolute Gasteiger partial charge is 0.491 e. The third-order valence-electron chi connectivity index (χ3n) is 4.21. The Morgan fingerprint density at radius 1 is 1.22 bits per heavy atom. The van der Waals surface area contributed by atoms with Crippen LogP contribution in [0.4, 0.5) is 5.69 Å². The number of nitrogens with zero attached hydrogens (tertiary/aromatic N) is 1. The Morgan fingerprint density at radius 2 is 1.96 bits per heavy atom. The number of fused-ring (bicyclic) bond motifs is 1. The summed E-state index contributed by atoms with van der Waals surface area (Å²) in [5.41, 5.74) is 4.53. The van der Waals surface area contributed by atoms with Crippen molar-refractivity contribution in [3.8, 4) is 5.75 Å². The summed E-state index contributed by atoms with van der Waals surface area (Å²) < 4.78 is 5.65. The molecule has 7 nitrogen and oxygen atoms in total. The molecule has 0 atom stereocenters. The van der Waals surface area contributed by atoms with Gasteiger partial charge in [-0.2, -0.15) is 0 Å². The molecule has 7 heteroatoms. The fourth-order valence-corrected chi connectivity index (χ4v) is 3.06. The van der Waals surface area contributed by atoms with Gasteiger partial charge in [0.1, 0.15) is 5.75 Å². The highest BCUT2D eigenvalue weighted by Gasteiger charge is 2.20. The van der Waals surface area contributed by atoms with Crippen LogP contribution in [0.25, 0.3) is 0 Å². The smallest absolute Gasteiger partial charge is 0.274 e. The van der Waals surface area contributed by atoms with Crippen LogP contribution in [0.1, 0.15) is 35.3 Å². The first kappa shape index (κ1) is 18.9. The van der Waals surface area contributed by atoms with Crippen LogP contribution in [0.3, 0.4) is 0 Å². The SMILES string of the molecule is CC(C)Oc1ccc(CN2CC(=O)Nc3ccc(C(=O)NO)cc3C2)cc1. The Labute approximate surface area is 157 Å². The molecule has 3 rings (SSSR count). The second-order valence-electron chi connectivity index (χ2n) is 6.82. The van der Waals surface area contributed by atoms with Crippen LogP contribution in [0.5, 0.6) is 5.75 Å². The van der Waals surface area contributed by atoms with E-state index in [-0.39, 0.29) is 18.6 Å². The first-order valence-corrected chi connectivity index (χ1v) is 8.80. The van der Waals surface area contributed by atoms with Crippen molar-refractivity contribution in [2.45, 2.75) is 33.0 Å². The van der Waals surface area contributed by atoms with E-state index in [2.05, 4.69) is 5.32 Å². The Kier molecular flexibility index (Phi) is 5.73. The van der Waals surface area contributed by atoms with Crippen molar-refractivity contribution in [2.75, 3.05) is 11.9 Å². The molecular formula is C20H23N3O4. The van der Waals surface area contributed by atoms with Gasteiger partial charge >= 0.3 is 0 Å². The maximum atomic E-state index is 12.2. The van der Waals surface area contributed by atoms with Gasteiger partial charge < -0.3 is 10.1 Å². The highest BCUT2D eigenvalue weighted by atomic mass is 16.5. The number of hydroxylamine groups is 1. The van der Waals surface area contributed by atoms with E-state index in [0.29, 0.717) is 24.3 Å². The van der Waals surface area contributed by atoms with Crippen LogP contribution in [0.15, 0.2) is 42.5 Å². The molecule has 1 heterocycles. The summed E-state index contributed by atoms with van der Waals surface area (Å²) in [5.74, 6) is 0.126. The van der Waals surface area contributed by atoms with Gasteiger partial charge in [0, 0.05) is 24.3 Å². The van der Waals surface area contributed by atoms with Crippen LogP contribution in [0.2, 0.25) is 0 Å². The fourth-order valence-electron chi connectivity index (χ4n) is 3.06. The van der Waals surface area contributed by atoms with Crippen LogP contribution in [-0.4, -0.2) is 34.6 Å². The van der Waals surface area contributed by atoms with Gasteiger partial charge in [0.05, 0.1) is 12.6 Å². The molecule has 0 aromatic heterocycles. The number of rotatable bonds is 5. The Morgan fingerprint density at radius 3 is 2.63 bits per heavy atom. The molecule has 0 saturated heterocycles. The average molecular weight is 369 g/mol. The fraction of sp³-hybridized carbons (Fsp3) is 0.300. The first-order valence-electron chi connectivity index (χ1n) is 8.80. The van der Waals surface area contributed by atoms with Crippen LogP contribution in [-0.2, 0) is 17.9 Å². The Hall–Kier alpha value is -2.90. The number of amides is 2. The number of hydrogen-bond acceptors (Lipinski definition) is 5. The second kappa shape index (κ2) is 8.20. The predicted molar refractivity (Wildman–Crippen MR) is 101 cm³/mol. The Balaban J connectivity index is 1.77. The predicted octanol–water partition coefficient (Wildman–Crippen LogP) is 2.55. The third-order valence-corrected chi connectivity index (χ3v) is 4.21. The molecule has 1 aliphatic heterocycles. The highest BCUT2D eigenvalue weighted by Crippen LogP contribution is 2.24. The monoisotopic (exact) mass is 369 g/mol. The minimum atomic E-state index is -0.583. The highest BCUT2D eigenvalue weighted by molar-refractivity contribution is 5.97. The third kappa shape index (κ3) is 4.84. The van der Waals surface area contributed by atoms with Gasteiger partial charge in [-0.05, 0) is 55.3 Å². The van der Waals surface area contributed by atoms with E-state index in [1.165, 1.54) is 0 Å². The van der Waals surface area contributed by atoms with Crippen molar-refractivity contribution in [3.05, 3.63) is 59.2 Å². The minimum absolute atomic E-state index is 0.104. The number of carbonyl (C=O) groups excluding carboxylic acids is 2. The molecule has 0 fully saturated rings. The van der Waals surface area contributed by atoms with E-state index in [1.54, 1.807) is 23.7 Å². The summed E-state index contributed by atoms with van der Waals surface area (Å²) >= 11 is 0. The zero-order chi connectivity index (χ0) is 19.4. The Bertz CT molecular complexity index is 834. The molecule has 0 spiro atoms. The number of carbonyl (C=O) groups is 2. The zero-order valence-corrected chi connectivity index (χ0v) is 15.4.